The Bertz CT molecular complexity index is 1090. The molecule has 0 bridgehead atoms. The van der Waals surface area contributed by atoms with Crippen molar-refractivity contribution in [1.29, 1.82) is 0 Å². The molecule has 7 nitrogen and oxygen atoms in total. The molecule has 1 heterocycles. The van der Waals surface area contributed by atoms with Crippen molar-refractivity contribution >= 4 is 11.6 Å². The Hall–Kier alpha value is -4.00. The van der Waals surface area contributed by atoms with Gasteiger partial charge < -0.3 is 10.1 Å². The van der Waals surface area contributed by atoms with Gasteiger partial charge in [0.1, 0.15) is 17.8 Å². The molecular formula is C21H17N5O2. The van der Waals surface area contributed by atoms with Gasteiger partial charge in [-0.2, -0.15) is 0 Å². The standard InChI is InChI=1S/C21H17N5O2/c1-15-4-2-7-20(12-15)28-19-10-8-17(9-11-19)23-21(27)16-5-3-6-18(13-16)26-14-22-24-25-26/h2-14H,1H3,(H,23,27). The van der Waals surface area contributed by atoms with Crippen LogP contribution in [0.15, 0.2) is 79.1 Å². The van der Waals surface area contributed by atoms with Crippen LogP contribution in [0.4, 0.5) is 5.69 Å². The molecule has 0 saturated carbocycles. The number of aromatic nitrogens is 4. The molecule has 0 radical (unpaired) electrons. The Kier molecular flexibility index (Phi) is 4.79. The smallest absolute Gasteiger partial charge is 0.255 e. The summed E-state index contributed by atoms with van der Waals surface area (Å²) in [7, 11) is 0. The zero-order valence-corrected chi connectivity index (χ0v) is 15.1. The van der Waals surface area contributed by atoms with E-state index < -0.39 is 0 Å². The lowest BCUT2D eigenvalue weighted by Crippen LogP contribution is -2.12. The molecule has 0 aliphatic carbocycles. The number of amides is 1. The maximum Gasteiger partial charge on any atom is 0.255 e. The fourth-order valence-electron chi connectivity index (χ4n) is 2.69. The molecule has 28 heavy (non-hydrogen) atoms. The lowest BCUT2D eigenvalue weighted by atomic mass is 10.2. The van der Waals surface area contributed by atoms with Gasteiger partial charge in [0, 0.05) is 11.3 Å². The Morgan fingerprint density at radius 1 is 0.964 bits per heavy atom. The number of rotatable bonds is 5. The molecule has 3 aromatic carbocycles. The second-order valence-corrected chi connectivity index (χ2v) is 6.20. The van der Waals surface area contributed by atoms with Gasteiger partial charge in [0.15, 0.2) is 0 Å². The number of carbonyl (C=O) groups is 1. The number of tetrazole rings is 1. The quantitative estimate of drug-likeness (QED) is 0.573. The molecule has 1 N–H and O–H groups in total. The first-order valence-corrected chi connectivity index (χ1v) is 8.67. The van der Waals surface area contributed by atoms with Crippen LogP contribution >= 0.6 is 0 Å². The summed E-state index contributed by atoms with van der Waals surface area (Å²) in [5.74, 6) is 1.25. The number of hydrogen-bond acceptors (Lipinski definition) is 5. The van der Waals surface area contributed by atoms with Gasteiger partial charge in [-0.25, -0.2) is 4.68 Å². The Morgan fingerprint density at radius 3 is 2.54 bits per heavy atom. The first-order valence-electron chi connectivity index (χ1n) is 8.67. The summed E-state index contributed by atoms with van der Waals surface area (Å²) in [4.78, 5) is 12.5. The second-order valence-electron chi connectivity index (χ2n) is 6.20. The highest BCUT2D eigenvalue weighted by molar-refractivity contribution is 6.04. The SMILES string of the molecule is Cc1cccc(Oc2ccc(NC(=O)c3cccc(-n4cnnn4)c3)cc2)c1. The summed E-state index contributed by atoms with van der Waals surface area (Å²) in [6.45, 7) is 2.01. The van der Waals surface area contributed by atoms with Crippen molar-refractivity contribution in [1.82, 2.24) is 20.2 Å². The minimum atomic E-state index is -0.220. The van der Waals surface area contributed by atoms with Gasteiger partial charge in [0.05, 0.1) is 5.69 Å². The van der Waals surface area contributed by atoms with Crippen LogP contribution < -0.4 is 10.1 Å². The molecule has 0 unspecified atom stereocenters. The predicted octanol–water partition coefficient (Wildman–Crippen LogP) is 4.02. The third kappa shape index (κ3) is 4.04. The van der Waals surface area contributed by atoms with E-state index in [4.69, 9.17) is 4.74 Å². The van der Waals surface area contributed by atoms with E-state index in [9.17, 15) is 4.79 Å². The van der Waals surface area contributed by atoms with E-state index in [0.29, 0.717) is 22.7 Å². The molecule has 0 fully saturated rings. The Labute approximate surface area is 161 Å². The van der Waals surface area contributed by atoms with Gasteiger partial charge in [-0.3, -0.25) is 4.79 Å². The maximum absolute atomic E-state index is 12.5. The summed E-state index contributed by atoms with van der Waals surface area (Å²) in [5, 5.41) is 13.9. The number of carbonyl (C=O) groups excluding carboxylic acids is 1. The van der Waals surface area contributed by atoms with Crippen molar-refractivity contribution in [3.63, 3.8) is 0 Å². The van der Waals surface area contributed by atoms with E-state index in [1.54, 1.807) is 30.3 Å². The number of aryl methyl sites for hydroxylation is 1. The fourth-order valence-corrected chi connectivity index (χ4v) is 2.69. The lowest BCUT2D eigenvalue weighted by Gasteiger charge is -2.09. The summed E-state index contributed by atoms with van der Waals surface area (Å²) in [6.07, 6.45) is 1.48. The predicted molar refractivity (Wildman–Crippen MR) is 105 cm³/mol. The third-order valence-electron chi connectivity index (χ3n) is 4.06. The van der Waals surface area contributed by atoms with E-state index in [1.165, 1.54) is 11.0 Å². The second kappa shape index (κ2) is 7.71. The normalized spacial score (nSPS) is 10.5. The number of nitrogens with zero attached hydrogens (tertiary/aromatic N) is 4. The zero-order valence-electron chi connectivity index (χ0n) is 15.1. The van der Waals surface area contributed by atoms with Crippen molar-refractivity contribution in [3.8, 4) is 17.2 Å². The number of hydrogen-bond donors (Lipinski definition) is 1. The Balaban J connectivity index is 1.44. The molecule has 0 spiro atoms. The van der Waals surface area contributed by atoms with Gasteiger partial charge in [-0.1, -0.05) is 18.2 Å². The number of nitrogens with one attached hydrogen (secondary N) is 1. The van der Waals surface area contributed by atoms with Crippen molar-refractivity contribution in [2.75, 3.05) is 5.32 Å². The largest absolute Gasteiger partial charge is 0.457 e. The van der Waals surface area contributed by atoms with Crippen molar-refractivity contribution < 1.29 is 9.53 Å². The highest BCUT2D eigenvalue weighted by Gasteiger charge is 2.08. The zero-order chi connectivity index (χ0) is 19.3. The summed E-state index contributed by atoms with van der Waals surface area (Å²) in [5.41, 5.74) is 3.02. The molecule has 0 aliphatic rings. The van der Waals surface area contributed by atoms with Gasteiger partial charge in [-0.05, 0) is 77.5 Å². The van der Waals surface area contributed by atoms with Crippen LogP contribution in [0, 0.1) is 6.92 Å². The minimum Gasteiger partial charge on any atom is -0.457 e. The molecule has 1 amide bonds. The molecule has 7 heteroatoms. The molecule has 0 atom stereocenters. The van der Waals surface area contributed by atoms with Crippen LogP contribution in [-0.4, -0.2) is 26.1 Å². The topological polar surface area (TPSA) is 81.9 Å². The highest BCUT2D eigenvalue weighted by atomic mass is 16.5. The summed E-state index contributed by atoms with van der Waals surface area (Å²) >= 11 is 0. The maximum atomic E-state index is 12.5. The molecule has 0 aliphatic heterocycles. The van der Waals surface area contributed by atoms with Crippen molar-refractivity contribution in [3.05, 3.63) is 90.3 Å². The van der Waals surface area contributed by atoms with E-state index in [0.717, 1.165) is 11.3 Å². The van der Waals surface area contributed by atoms with Crippen LogP contribution in [0.5, 0.6) is 11.5 Å². The number of anilines is 1. The summed E-state index contributed by atoms with van der Waals surface area (Å²) in [6, 6.07) is 22.1. The highest BCUT2D eigenvalue weighted by Crippen LogP contribution is 2.24. The van der Waals surface area contributed by atoms with E-state index >= 15 is 0 Å². The average molecular weight is 371 g/mol. The molecule has 4 aromatic rings. The molecule has 4 rings (SSSR count). The van der Waals surface area contributed by atoms with E-state index in [2.05, 4.69) is 20.8 Å². The fraction of sp³-hybridized carbons (Fsp3) is 0.0476. The number of ether oxygens (including phenoxy) is 1. The van der Waals surface area contributed by atoms with Crippen LogP contribution in [0.1, 0.15) is 15.9 Å². The van der Waals surface area contributed by atoms with Crippen LogP contribution in [0.25, 0.3) is 5.69 Å². The van der Waals surface area contributed by atoms with E-state index in [1.807, 2.05) is 49.4 Å². The van der Waals surface area contributed by atoms with Crippen molar-refractivity contribution in [2.24, 2.45) is 0 Å². The minimum absolute atomic E-state index is 0.220. The molecule has 1 aromatic heterocycles. The van der Waals surface area contributed by atoms with Gasteiger partial charge in [-0.15, -0.1) is 5.10 Å². The van der Waals surface area contributed by atoms with Crippen molar-refractivity contribution in [2.45, 2.75) is 6.92 Å². The molecule has 138 valence electrons. The van der Waals surface area contributed by atoms with Gasteiger partial charge >= 0.3 is 0 Å². The molecular weight excluding hydrogens is 354 g/mol. The van der Waals surface area contributed by atoms with Crippen LogP contribution in [0.3, 0.4) is 0 Å². The molecule has 0 saturated heterocycles. The van der Waals surface area contributed by atoms with E-state index in [-0.39, 0.29) is 5.91 Å². The summed E-state index contributed by atoms with van der Waals surface area (Å²) < 4.78 is 7.32. The van der Waals surface area contributed by atoms with Crippen LogP contribution in [-0.2, 0) is 0 Å². The van der Waals surface area contributed by atoms with Crippen LogP contribution in [0.2, 0.25) is 0 Å². The van der Waals surface area contributed by atoms with Gasteiger partial charge in [0.25, 0.3) is 5.91 Å². The number of benzene rings is 3. The Morgan fingerprint density at radius 2 is 1.79 bits per heavy atom. The van der Waals surface area contributed by atoms with Gasteiger partial charge in [0.2, 0.25) is 0 Å². The average Bonchev–Trinajstić information content (AvgIpc) is 3.25. The third-order valence-corrected chi connectivity index (χ3v) is 4.06. The first-order chi connectivity index (χ1) is 13.7. The lowest BCUT2D eigenvalue weighted by molar-refractivity contribution is 0.102. The first kappa shape index (κ1) is 17.4. The monoisotopic (exact) mass is 371 g/mol.